The highest BCUT2D eigenvalue weighted by atomic mass is 35.5. The number of hydrogen-bond donors (Lipinski definition) is 0. The molecular weight excluding hydrogens is 309 g/mol. The van der Waals surface area contributed by atoms with E-state index in [4.69, 9.17) is 27.6 Å². The molecule has 0 aliphatic heterocycles. The van der Waals surface area contributed by atoms with Gasteiger partial charge in [0, 0.05) is 0 Å². The number of hydrogen-bond acceptors (Lipinski definition) is 4. The lowest BCUT2D eigenvalue weighted by Gasteiger charge is -2.20. The van der Waals surface area contributed by atoms with Gasteiger partial charge in [0.25, 0.3) is 11.8 Å². The minimum atomic E-state index is -0.817. The van der Waals surface area contributed by atoms with Gasteiger partial charge in [0.2, 0.25) is 5.82 Å². The normalized spacial score (nSPS) is 10.9. The van der Waals surface area contributed by atoms with Crippen molar-refractivity contribution >= 4 is 17.3 Å². The van der Waals surface area contributed by atoms with E-state index in [9.17, 15) is 4.39 Å². The van der Waals surface area contributed by atoms with Crippen LogP contribution in [-0.2, 0) is 0 Å². The predicted octanol–water partition coefficient (Wildman–Crippen LogP) is 4.79. The lowest BCUT2D eigenvalue weighted by Crippen LogP contribution is -2.24. The number of aromatic nitrogens is 2. The summed E-state index contributed by atoms with van der Waals surface area (Å²) in [4.78, 5) is 10.7. The fourth-order valence-corrected chi connectivity index (χ4v) is 1.73. The molecule has 0 aliphatic rings. The van der Waals surface area contributed by atoms with Crippen molar-refractivity contribution in [3.05, 3.63) is 46.8 Å². The van der Waals surface area contributed by atoms with Crippen LogP contribution in [0.1, 0.15) is 20.8 Å². The van der Waals surface area contributed by atoms with Gasteiger partial charge in [-0.05, 0) is 32.9 Å². The van der Waals surface area contributed by atoms with Crippen LogP contribution in [0.5, 0.6) is 17.5 Å². The topological polar surface area (TPSA) is 48.6 Å². The fraction of sp³-hybridized carbons (Fsp3) is 0.267. The van der Waals surface area contributed by atoms with E-state index in [-0.39, 0.29) is 22.5 Å². The number of halogens is 2. The van der Waals surface area contributed by atoms with Gasteiger partial charge >= 0.3 is 0 Å². The van der Waals surface area contributed by atoms with E-state index in [1.807, 2.05) is 0 Å². The Hall–Kier alpha value is -2.39. The van der Waals surface area contributed by atoms with Crippen LogP contribution in [0, 0.1) is 12.4 Å². The molecule has 1 heterocycles. The van der Waals surface area contributed by atoms with Crippen LogP contribution in [0.2, 0.25) is 5.02 Å². The lowest BCUT2D eigenvalue weighted by atomic mass is 10.2. The highest BCUT2D eigenvalue weighted by molar-refractivity contribution is 6.32. The Balaban J connectivity index is 2.31. The van der Waals surface area contributed by atoms with E-state index in [2.05, 4.69) is 14.8 Å². The fourth-order valence-electron chi connectivity index (χ4n) is 1.52. The molecule has 7 heteroatoms. The van der Waals surface area contributed by atoms with Crippen molar-refractivity contribution in [1.82, 2.24) is 9.97 Å². The molecule has 114 valence electrons. The molecule has 0 bridgehead atoms. The summed E-state index contributed by atoms with van der Waals surface area (Å²) in [6.07, 6.45) is 1.14. The first-order valence-corrected chi connectivity index (χ1v) is 6.72. The van der Waals surface area contributed by atoms with E-state index in [1.165, 1.54) is 18.2 Å². The van der Waals surface area contributed by atoms with Gasteiger partial charge in [0.15, 0.2) is 5.69 Å². The zero-order valence-corrected chi connectivity index (χ0v) is 13.0. The van der Waals surface area contributed by atoms with Gasteiger partial charge in [0.1, 0.15) is 17.7 Å². The third kappa shape index (κ3) is 3.83. The van der Waals surface area contributed by atoms with Crippen LogP contribution < -0.4 is 9.47 Å². The van der Waals surface area contributed by atoms with Crippen LogP contribution in [0.25, 0.3) is 4.85 Å². The van der Waals surface area contributed by atoms with Crippen LogP contribution in [0.3, 0.4) is 0 Å². The van der Waals surface area contributed by atoms with Gasteiger partial charge in [-0.3, -0.25) is 0 Å². The van der Waals surface area contributed by atoms with E-state index in [1.54, 1.807) is 20.8 Å². The predicted molar refractivity (Wildman–Crippen MR) is 80.2 cm³/mol. The van der Waals surface area contributed by atoms with E-state index in [0.29, 0.717) is 5.69 Å². The van der Waals surface area contributed by atoms with Gasteiger partial charge in [-0.1, -0.05) is 17.7 Å². The van der Waals surface area contributed by atoms with Gasteiger partial charge in [0.05, 0.1) is 11.6 Å². The molecule has 0 unspecified atom stereocenters. The Labute approximate surface area is 132 Å². The Kier molecular flexibility index (Phi) is 4.48. The van der Waals surface area contributed by atoms with Crippen molar-refractivity contribution in [3.8, 4) is 17.5 Å². The zero-order valence-electron chi connectivity index (χ0n) is 12.2. The molecule has 22 heavy (non-hydrogen) atoms. The number of nitrogens with zero attached hydrogens (tertiary/aromatic N) is 3. The second kappa shape index (κ2) is 6.16. The molecular formula is C15H13ClFN3O2. The largest absolute Gasteiger partial charge is 0.470 e. The average Bonchev–Trinajstić information content (AvgIpc) is 2.43. The Morgan fingerprint density at radius 1 is 1.23 bits per heavy atom. The van der Waals surface area contributed by atoms with Crippen molar-refractivity contribution in [2.45, 2.75) is 26.4 Å². The molecule has 2 aromatic rings. The molecule has 0 fully saturated rings. The SMILES string of the molecule is [C-]#[N+]c1ccc(Oc2ncnc(OC(C)(C)C)c2F)c(Cl)c1. The van der Waals surface area contributed by atoms with Gasteiger partial charge in [-0.2, -0.15) is 14.4 Å². The molecule has 0 amide bonds. The van der Waals surface area contributed by atoms with Crippen molar-refractivity contribution < 1.29 is 13.9 Å². The smallest absolute Gasteiger partial charge is 0.263 e. The quantitative estimate of drug-likeness (QED) is 0.763. The van der Waals surface area contributed by atoms with E-state index >= 15 is 0 Å². The van der Waals surface area contributed by atoms with Crippen LogP contribution in [0.4, 0.5) is 10.1 Å². The third-order valence-electron chi connectivity index (χ3n) is 2.38. The summed E-state index contributed by atoms with van der Waals surface area (Å²) in [6.45, 7) is 12.2. The summed E-state index contributed by atoms with van der Waals surface area (Å²) >= 11 is 5.99. The maximum atomic E-state index is 14.3. The molecule has 0 atom stereocenters. The molecule has 1 aromatic heterocycles. The average molecular weight is 322 g/mol. The summed E-state index contributed by atoms with van der Waals surface area (Å²) < 4.78 is 25.1. The van der Waals surface area contributed by atoms with Gasteiger partial charge in [-0.15, -0.1) is 0 Å². The summed E-state index contributed by atoms with van der Waals surface area (Å²) in [5.74, 6) is -1.13. The maximum absolute atomic E-state index is 14.3. The summed E-state index contributed by atoms with van der Waals surface area (Å²) in [6, 6.07) is 4.41. The molecule has 2 rings (SSSR count). The summed E-state index contributed by atoms with van der Waals surface area (Å²) in [7, 11) is 0. The zero-order chi connectivity index (χ0) is 16.3. The second-order valence-corrected chi connectivity index (χ2v) is 5.75. The number of rotatable bonds is 3. The van der Waals surface area contributed by atoms with Gasteiger partial charge in [-0.25, -0.2) is 4.85 Å². The summed E-state index contributed by atoms with van der Waals surface area (Å²) in [5, 5.41) is 0.185. The van der Waals surface area contributed by atoms with Crippen molar-refractivity contribution in [2.24, 2.45) is 0 Å². The first kappa shape index (κ1) is 16.0. The van der Waals surface area contributed by atoms with Crippen LogP contribution in [0.15, 0.2) is 24.5 Å². The first-order valence-electron chi connectivity index (χ1n) is 6.34. The molecule has 5 nitrogen and oxygen atoms in total. The number of ether oxygens (including phenoxy) is 2. The first-order chi connectivity index (χ1) is 10.3. The third-order valence-corrected chi connectivity index (χ3v) is 2.67. The monoisotopic (exact) mass is 321 g/mol. The lowest BCUT2D eigenvalue weighted by molar-refractivity contribution is 0.115. The highest BCUT2D eigenvalue weighted by Crippen LogP contribution is 2.34. The van der Waals surface area contributed by atoms with Crippen molar-refractivity contribution in [2.75, 3.05) is 0 Å². The molecule has 0 saturated heterocycles. The van der Waals surface area contributed by atoms with E-state index < -0.39 is 11.4 Å². The standard InChI is InChI=1S/C15H13ClFN3O2/c1-15(2,3)22-14-12(17)13(19-8-20-14)21-11-6-5-9(18-4)7-10(11)16/h5-8H,1-3H3. The van der Waals surface area contributed by atoms with Crippen molar-refractivity contribution in [1.29, 1.82) is 0 Å². The van der Waals surface area contributed by atoms with Crippen LogP contribution >= 0.6 is 11.6 Å². The Bertz CT molecular complexity index is 739. The molecule has 0 aliphatic carbocycles. The number of benzene rings is 1. The molecule has 0 N–H and O–H groups in total. The molecule has 1 aromatic carbocycles. The highest BCUT2D eigenvalue weighted by Gasteiger charge is 2.21. The molecule has 0 spiro atoms. The Morgan fingerprint density at radius 2 is 1.91 bits per heavy atom. The van der Waals surface area contributed by atoms with E-state index in [0.717, 1.165) is 6.33 Å². The summed E-state index contributed by atoms with van der Waals surface area (Å²) in [5.41, 5.74) is -0.251. The van der Waals surface area contributed by atoms with Gasteiger partial charge < -0.3 is 9.47 Å². The molecule has 0 saturated carbocycles. The van der Waals surface area contributed by atoms with Crippen LogP contribution in [-0.4, -0.2) is 15.6 Å². The minimum absolute atomic E-state index is 0.185. The minimum Gasteiger partial charge on any atom is -0.470 e. The molecule has 0 radical (unpaired) electrons. The van der Waals surface area contributed by atoms with Crippen molar-refractivity contribution in [3.63, 3.8) is 0 Å². The maximum Gasteiger partial charge on any atom is 0.263 e. The second-order valence-electron chi connectivity index (χ2n) is 5.34. The Morgan fingerprint density at radius 3 is 2.50 bits per heavy atom.